The Morgan fingerprint density at radius 3 is 2.84 bits per heavy atom. The fraction of sp³-hybridized carbons (Fsp3) is 0.750. The number of rotatable bonds is 4. The van der Waals surface area contributed by atoms with Crippen molar-refractivity contribution in [3.63, 3.8) is 0 Å². The van der Waals surface area contributed by atoms with Crippen LogP contribution in [0.2, 0.25) is 0 Å². The summed E-state index contributed by atoms with van der Waals surface area (Å²) < 4.78 is 12.5. The van der Waals surface area contributed by atoms with Gasteiger partial charge in [0.1, 0.15) is 6.61 Å². The number of halogens is 1. The Bertz CT molecular complexity index is 911. The number of carbonyl (C=O) groups is 1. The van der Waals surface area contributed by atoms with Gasteiger partial charge in [0.2, 0.25) is 5.91 Å². The molecule has 1 aromatic heterocycles. The molecule has 2 N–H and O–H groups in total. The SMILES string of the molecule is CC1(C)CCc2c([C@@]3(C)CC4C=CC(N5CCC(C)(COF)C5=O)CC4N3)n[nH]c2C1. The van der Waals surface area contributed by atoms with E-state index in [1.54, 1.807) is 6.92 Å². The molecule has 2 aliphatic heterocycles. The number of nitrogens with zero attached hydrogens (tertiary/aromatic N) is 2. The van der Waals surface area contributed by atoms with Crippen LogP contribution in [0, 0.1) is 16.7 Å². The largest absolute Gasteiger partial charge is 0.336 e. The van der Waals surface area contributed by atoms with E-state index in [4.69, 9.17) is 5.10 Å². The first-order valence-corrected chi connectivity index (χ1v) is 11.7. The predicted molar refractivity (Wildman–Crippen MR) is 116 cm³/mol. The van der Waals surface area contributed by atoms with E-state index in [2.05, 4.69) is 48.3 Å². The van der Waals surface area contributed by atoms with E-state index < -0.39 is 5.41 Å². The number of aromatic amines is 1. The Morgan fingerprint density at radius 2 is 2.06 bits per heavy atom. The monoisotopic (exact) mass is 430 g/mol. The number of likely N-dealkylation sites (tertiary alicyclic amines) is 1. The van der Waals surface area contributed by atoms with Gasteiger partial charge in [-0.1, -0.05) is 26.0 Å². The van der Waals surface area contributed by atoms with Crippen molar-refractivity contribution < 1.29 is 14.3 Å². The molecule has 1 amide bonds. The number of aromatic nitrogens is 2. The highest BCUT2D eigenvalue weighted by Crippen LogP contribution is 2.45. The third kappa shape index (κ3) is 3.44. The number of amides is 1. The van der Waals surface area contributed by atoms with Crippen molar-refractivity contribution >= 4 is 5.91 Å². The minimum Gasteiger partial charge on any atom is -0.336 e. The van der Waals surface area contributed by atoms with E-state index in [1.807, 2.05) is 4.90 Å². The molecule has 2 saturated heterocycles. The number of nitrogens with one attached hydrogen (secondary N) is 2. The molecule has 0 bridgehead atoms. The van der Waals surface area contributed by atoms with Crippen molar-refractivity contribution in [2.75, 3.05) is 13.2 Å². The van der Waals surface area contributed by atoms with Gasteiger partial charge >= 0.3 is 0 Å². The van der Waals surface area contributed by atoms with Gasteiger partial charge in [-0.3, -0.25) is 9.89 Å². The number of hydrogen-bond donors (Lipinski definition) is 2. The van der Waals surface area contributed by atoms with Crippen LogP contribution in [0.25, 0.3) is 0 Å². The van der Waals surface area contributed by atoms with Crippen molar-refractivity contribution in [3.05, 3.63) is 29.1 Å². The molecule has 0 aromatic carbocycles. The first kappa shape index (κ1) is 21.1. The Hall–Kier alpha value is -1.73. The molecule has 4 aliphatic rings. The minimum absolute atomic E-state index is 0.00277. The summed E-state index contributed by atoms with van der Waals surface area (Å²) in [4.78, 5) is 18.7. The standard InChI is InChI=1S/C24H35FN4O2/c1-22(2)8-7-17-19(13-22)27-28-20(17)24(4)12-15-5-6-16(11-18(15)26-24)29-10-9-23(3,14-31-25)21(29)30/h5-6,15-16,18,26H,7-14H2,1-4H3,(H,27,28)/t15?,16?,18?,23?,24-/m1/s1. The zero-order valence-corrected chi connectivity index (χ0v) is 19.1. The van der Waals surface area contributed by atoms with Crippen LogP contribution in [-0.4, -0.2) is 46.2 Å². The summed E-state index contributed by atoms with van der Waals surface area (Å²) in [5, 5.41) is 12.0. The Morgan fingerprint density at radius 1 is 1.26 bits per heavy atom. The molecule has 31 heavy (non-hydrogen) atoms. The van der Waals surface area contributed by atoms with Crippen LogP contribution in [-0.2, 0) is 28.1 Å². The van der Waals surface area contributed by atoms with Crippen LogP contribution in [0.5, 0.6) is 0 Å². The van der Waals surface area contributed by atoms with E-state index in [0.29, 0.717) is 30.3 Å². The maximum atomic E-state index is 12.9. The van der Waals surface area contributed by atoms with Gasteiger partial charge in [0.25, 0.3) is 0 Å². The quantitative estimate of drug-likeness (QED) is 0.717. The van der Waals surface area contributed by atoms with Crippen LogP contribution < -0.4 is 5.32 Å². The van der Waals surface area contributed by atoms with Gasteiger partial charge in [0.15, 0.2) is 0 Å². The Labute approximate surface area is 183 Å². The highest BCUT2D eigenvalue weighted by Gasteiger charge is 2.50. The second kappa shape index (κ2) is 7.14. The maximum absolute atomic E-state index is 12.9. The van der Waals surface area contributed by atoms with Crippen LogP contribution in [0.3, 0.4) is 0 Å². The van der Waals surface area contributed by atoms with E-state index in [1.165, 1.54) is 23.4 Å². The van der Waals surface area contributed by atoms with Crippen molar-refractivity contribution in [3.8, 4) is 0 Å². The van der Waals surface area contributed by atoms with Crippen molar-refractivity contribution in [1.82, 2.24) is 20.4 Å². The zero-order valence-electron chi connectivity index (χ0n) is 19.1. The average molecular weight is 431 g/mol. The highest BCUT2D eigenvalue weighted by molar-refractivity contribution is 5.85. The summed E-state index contributed by atoms with van der Waals surface area (Å²) in [7, 11) is 0. The lowest BCUT2D eigenvalue weighted by Gasteiger charge is -2.34. The summed E-state index contributed by atoms with van der Waals surface area (Å²) in [6.07, 6.45) is 10.3. The molecule has 170 valence electrons. The number of carbonyl (C=O) groups excluding carboxylic acids is 1. The van der Waals surface area contributed by atoms with Crippen molar-refractivity contribution in [2.24, 2.45) is 16.7 Å². The highest BCUT2D eigenvalue weighted by atomic mass is 19.3. The second-order valence-electron chi connectivity index (χ2n) is 11.6. The van der Waals surface area contributed by atoms with Crippen LogP contribution >= 0.6 is 0 Å². The van der Waals surface area contributed by atoms with E-state index >= 15 is 0 Å². The average Bonchev–Trinajstić information content (AvgIpc) is 3.35. The second-order valence-corrected chi connectivity index (χ2v) is 11.6. The lowest BCUT2D eigenvalue weighted by atomic mass is 9.74. The smallest absolute Gasteiger partial charge is 0.231 e. The van der Waals surface area contributed by atoms with Gasteiger partial charge in [0, 0.05) is 18.3 Å². The molecule has 7 heteroatoms. The summed E-state index contributed by atoms with van der Waals surface area (Å²) in [5.41, 5.74) is 3.31. The zero-order chi connectivity index (χ0) is 22.0. The maximum Gasteiger partial charge on any atom is 0.231 e. The lowest BCUT2D eigenvalue weighted by molar-refractivity contribution is -0.170. The summed E-state index contributed by atoms with van der Waals surface area (Å²) >= 11 is 0. The molecule has 2 aliphatic carbocycles. The molecular formula is C24H35FN4O2. The van der Waals surface area contributed by atoms with Crippen molar-refractivity contribution in [1.29, 1.82) is 0 Å². The van der Waals surface area contributed by atoms with Gasteiger partial charge in [0.05, 0.1) is 22.7 Å². The molecule has 0 spiro atoms. The molecule has 5 rings (SSSR count). The van der Waals surface area contributed by atoms with E-state index in [-0.39, 0.29) is 24.1 Å². The summed E-state index contributed by atoms with van der Waals surface area (Å²) in [5.74, 6) is 0.440. The molecule has 4 unspecified atom stereocenters. The Kier molecular flexibility index (Phi) is 4.87. The molecule has 1 aromatic rings. The molecule has 0 radical (unpaired) electrons. The third-order valence-corrected chi connectivity index (χ3v) is 8.38. The normalized spacial score (nSPS) is 39.1. The van der Waals surface area contributed by atoms with Crippen LogP contribution in [0.4, 0.5) is 4.53 Å². The van der Waals surface area contributed by atoms with Gasteiger partial charge < -0.3 is 10.2 Å². The first-order chi connectivity index (χ1) is 14.6. The van der Waals surface area contributed by atoms with Gasteiger partial charge in [-0.25, -0.2) is 0 Å². The topological polar surface area (TPSA) is 70.2 Å². The molecule has 2 fully saturated rings. The molecule has 5 atom stereocenters. The third-order valence-electron chi connectivity index (χ3n) is 8.38. The van der Waals surface area contributed by atoms with E-state index in [9.17, 15) is 9.32 Å². The molecule has 3 heterocycles. The number of H-pyrrole nitrogens is 1. The minimum atomic E-state index is -0.751. The van der Waals surface area contributed by atoms with Crippen LogP contribution in [0.15, 0.2) is 12.2 Å². The summed E-state index contributed by atoms with van der Waals surface area (Å²) in [6.45, 7) is 9.23. The fourth-order valence-electron chi connectivity index (χ4n) is 6.43. The van der Waals surface area contributed by atoms with Crippen LogP contribution in [0.1, 0.15) is 70.3 Å². The van der Waals surface area contributed by atoms with Crippen molar-refractivity contribution in [2.45, 2.75) is 83.8 Å². The number of fused-ring (bicyclic) bond motifs is 2. The fourth-order valence-corrected chi connectivity index (χ4v) is 6.43. The van der Waals surface area contributed by atoms with Gasteiger partial charge in [-0.05, 0) is 73.8 Å². The molecule has 0 saturated carbocycles. The van der Waals surface area contributed by atoms with Gasteiger partial charge in [-0.2, -0.15) is 10.0 Å². The Balaban J connectivity index is 1.32. The first-order valence-electron chi connectivity index (χ1n) is 11.7. The predicted octanol–water partition coefficient (Wildman–Crippen LogP) is 3.59. The van der Waals surface area contributed by atoms with Gasteiger partial charge in [-0.15, -0.1) is 0 Å². The number of hydrogen-bond acceptors (Lipinski definition) is 4. The van der Waals surface area contributed by atoms with E-state index in [0.717, 1.165) is 25.7 Å². The molecular weight excluding hydrogens is 395 g/mol. The molecule has 6 nitrogen and oxygen atoms in total. The summed E-state index contributed by atoms with van der Waals surface area (Å²) in [6, 6.07) is 0.364. The lowest BCUT2D eigenvalue weighted by Crippen LogP contribution is -2.47.